The average Bonchev–Trinajstić information content (AvgIpc) is 2.55. The lowest BCUT2D eigenvalue weighted by Crippen LogP contribution is -2.06. The molecule has 1 aliphatic carbocycles. The third-order valence-electron chi connectivity index (χ3n) is 5.43. The molecule has 0 aliphatic heterocycles. The summed E-state index contributed by atoms with van der Waals surface area (Å²) in [5.41, 5.74) is 6.45. The van der Waals surface area contributed by atoms with Crippen molar-refractivity contribution in [3.8, 4) is 11.5 Å². The number of hydrogen-bond acceptors (Lipinski definition) is 2. The topological polar surface area (TPSA) is 40.5 Å². The Hall–Kier alpha value is -1.96. The molecule has 3 rings (SSSR count). The van der Waals surface area contributed by atoms with E-state index in [-0.39, 0.29) is 0 Å². The minimum absolute atomic E-state index is 0.396. The van der Waals surface area contributed by atoms with Gasteiger partial charge in [0.2, 0.25) is 0 Å². The predicted molar refractivity (Wildman–Crippen MR) is 99.1 cm³/mol. The maximum Gasteiger partial charge on any atom is 0.122 e. The predicted octanol–water partition coefficient (Wildman–Crippen LogP) is 5.66. The molecule has 2 nitrogen and oxygen atoms in total. The second kappa shape index (κ2) is 6.88. The van der Waals surface area contributed by atoms with Gasteiger partial charge >= 0.3 is 0 Å². The monoisotopic (exact) mass is 324 g/mol. The molecule has 2 heteroatoms. The summed E-state index contributed by atoms with van der Waals surface area (Å²) in [5, 5.41) is 20.8. The molecule has 2 aromatic carbocycles. The van der Waals surface area contributed by atoms with Gasteiger partial charge < -0.3 is 10.2 Å². The lowest BCUT2D eigenvalue weighted by atomic mass is 9.82. The minimum Gasteiger partial charge on any atom is -0.508 e. The zero-order valence-electron chi connectivity index (χ0n) is 15.0. The van der Waals surface area contributed by atoms with Crippen molar-refractivity contribution in [1.82, 2.24) is 0 Å². The van der Waals surface area contributed by atoms with Crippen LogP contribution in [0.15, 0.2) is 24.3 Å². The zero-order chi connectivity index (χ0) is 17.3. The van der Waals surface area contributed by atoms with Gasteiger partial charge in [-0.05, 0) is 73.4 Å². The Bertz CT molecular complexity index is 740. The molecule has 0 atom stereocenters. The van der Waals surface area contributed by atoms with Crippen LogP contribution in [0.5, 0.6) is 11.5 Å². The van der Waals surface area contributed by atoms with E-state index in [1.54, 1.807) is 0 Å². The van der Waals surface area contributed by atoms with Crippen LogP contribution in [0.3, 0.4) is 0 Å². The van der Waals surface area contributed by atoms with Gasteiger partial charge in [-0.15, -0.1) is 0 Å². The SMILES string of the molecule is Cc1cc(C)c(O)c(Cc2cc(C3CCCCC3)c(O)cc2C)c1. The molecular weight excluding hydrogens is 296 g/mol. The molecule has 0 heterocycles. The second-order valence-corrected chi connectivity index (χ2v) is 7.44. The summed E-state index contributed by atoms with van der Waals surface area (Å²) in [6.07, 6.45) is 6.87. The summed E-state index contributed by atoms with van der Waals surface area (Å²) in [7, 11) is 0. The van der Waals surface area contributed by atoms with E-state index in [1.807, 2.05) is 26.0 Å². The van der Waals surface area contributed by atoms with Gasteiger partial charge in [0, 0.05) is 6.42 Å². The Balaban J connectivity index is 1.96. The van der Waals surface area contributed by atoms with Crippen LogP contribution in [-0.4, -0.2) is 10.2 Å². The van der Waals surface area contributed by atoms with E-state index in [0.717, 1.165) is 22.3 Å². The summed E-state index contributed by atoms with van der Waals surface area (Å²) < 4.78 is 0. The largest absolute Gasteiger partial charge is 0.508 e. The van der Waals surface area contributed by atoms with Gasteiger partial charge in [0.1, 0.15) is 11.5 Å². The van der Waals surface area contributed by atoms with E-state index in [2.05, 4.69) is 19.1 Å². The summed E-state index contributed by atoms with van der Waals surface area (Å²) in [6.45, 7) is 6.05. The number of hydrogen-bond donors (Lipinski definition) is 2. The molecule has 2 aromatic rings. The first-order valence-corrected chi connectivity index (χ1v) is 9.07. The van der Waals surface area contributed by atoms with Gasteiger partial charge in [-0.2, -0.15) is 0 Å². The number of phenols is 2. The van der Waals surface area contributed by atoms with Crippen LogP contribution < -0.4 is 0 Å². The fraction of sp³-hybridized carbons (Fsp3) is 0.455. The van der Waals surface area contributed by atoms with Crippen LogP contribution in [0.25, 0.3) is 0 Å². The van der Waals surface area contributed by atoms with Gasteiger partial charge in [-0.25, -0.2) is 0 Å². The highest BCUT2D eigenvalue weighted by Crippen LogP contribution is 2.39. The third-order valence-corrected chi connectivity index (χ3v) is 5.43. The molecule has 0 aromatic heterocycles. The van der Waals surface area contributed by atoms with E-state index in [4.69, 9.17) is 0 Å². The molecule has 0 bridgehead atoms. The molecule has 2 N–H and O–H groups in total. The van der Waals surface area contributed by atoms with Crippen LogP contribution >= 0.6 is 0 Å². The van der Waals surface area contributed by atoms with Gasteiger partial charge in [-0.3, -0.25) is 0 Å². The summed E-state index contributed by atoms with van der Waals surface area (Å²) in [6, 6.07) is 8.15. The van der Waals surface area contributed by atoms with Crippen LogP contribution in [-0.2, 0) is 6.42 Å². The lowest BCUT2D eigenvalue weighted by molar-refractivity contribution is 0.414. The molecular formula is C22H28O2. The standard InChI is InChI=1S/C22H28O2/c1-14-9-16(3)22(24)19(10-14)12-18-13-20(21(23)11-15(18)2)17-7-5-4-6-8-17/h9-11,13,17,23-24H,4-8,12H2,1-3H3. The van der Waals surface area contributed by atoms with E-state index in [1.165, 1.54) is 43.2 Å². The Morgan fingerprint density at radius 3 is 2.25 bits per heavy atom. The van der Waals surface area contributed by atoms with Crippen molar-refractivity contribution in [2.45, 2.75) is 65.2 Å². The van der Waals surface area contributed by atoms with E-state index in [9.17, 15) is 10.2 Å². The Morgan fingerprint density at radius 2 is 1.54 bits per heavy atom. The van der Waals surface area contributed by atoms with E-state index in [0.29, 0.717) is 23.8 Å². The van der Waals surface area contributed by atoms with Crippen molar-refractivity contribution in [2.75, 3.05) is 0 Å². The number of benzene rings is 2. The van der Waals surface area contributed by atoms with Crippen molar-refractivity contribution in [1.29, 1.82) is 0 Å². The third kappa shape index (κ3) is 3.43. The summed E-state index contributed by atoms with van der Waals surface area (Å²) >= 11 is 0. The highest BCUT2D eigenvalue weighted by atomic mass is 16.3. The first-order valence-electron chi connectivity index (χ1n) is 9.07. The molecule has 0 amide bonds. The molecule has 24 heavy (non-hydrogen) atoms. The van der Waals surface area contributed by atoms with Crippen LogP contribution in [0.4, 0.5) is 0 Å². The van der Waals surface area contributed by atoms with E-state index < -0.39 is 0 Å². The average molecular weight is 324 g/mol. The van der Waals surface area contributed by atoms with Gasteiger partial charge in [0.05, 0.1) is 0 Å². The molecule has 0 spiro atoms. The smallest absolute Gasteiger partial charge is 0.122 e. The minimum atomic E-state index is 0.396. The normalized spacial score (nSPS) is 15.6. The zero-order valence-corrected chi connectivity index (χ0v) is 15.0. The Kier molecular flexibility index (Phi) is 4.84. The van der Waals surface area contributed by atoms with Crippen LogP contribution in [0, 0.1) is 20.8 Å². The van der Waals surface area contributed by atoms with Crippen molar-refractivity contribution in [3.63, 3.8) is 0 Å². The second-order valence-electron chi connectivity index (χ2n) is 7.44. The van der Waals surface area contributed by atoms with Gasteiger partial charge in [0.25, 0.3) is 0 Å². The van der Waals surface area contributed by atoms with Crippen molar-refractivity contribution in [2.24, 2.45) is 0 Å². The number of aromatic hydroxyl groups is 2. The van der Waals surface area contributed by atoms with Gasteiger partial charge in [0.15, 0.2) is 0 Å². The van der Waals surface area contributed by atoms with Gasteiger partial charge in [-0.1, -0.05) is 43.0 Å². The molecule has 128 valence electrons. The number of phenolic OH excluding ortho intramolecular Hbond substituents is 2. The number of rotatable bonds is 3. The summed E-state index contributed by atoms with van der Waals surface area (Å²) in [4.78, 5) is 0. The highest BCUT2D eigenvalue weighted by Gasteiger charge is 2.20. The maximum absolute atomic E-state index is 10.4. The van der Waals surface area contributed by atoms with Crippen molar-refractivity contribution in [3.05, 3.63) is 57.6 Å². The fourth-order valence-electron chi connectivity index (χ4n) is 4.08. The molecule has 0 radical (unpaired) electrons. The Morgan fingerprint density at radius 1 is 0.833 bits per heavy atom. The van der Waals surface area contributed by atoms with E-state index >= 15 is 0 Å². The summed E-state index contributed by atoms with van der Waals surface area (Å²) in [5.74, 6) is 1.31. The van der Waals surface area contributed by atoms with Crippen molar-refractivity contribution >= 4 is 0 Å². The Labute approximate surface area is 145 Å². The molecule has 0 unspecified atom stereocenters. The fourth-order valence-corrected chi connectivity index (χ4v) is 4.08. The number of aryl methyl sites for hydroxylation is 3. The van der Waals surface area contributed by atoms with Crippen molar-refractivity contribution < 1.29 is 10.2 Å². The lowest BCUT2D eigenvalue weighted by Gasteiger charge is -2.24. The first-order chi connectivity index (χ1) is 11.5. The molecule has 1 aliphatic rings. The van der Waals surface area contributed by atoms with Crippen LogP contribution in [0.1, 0.15) is 71.4 Å². The molecule has 1 fully saturated rings. The molecule has 1 saturated carbocycles. The van der Waals surface area contributed by atoms with Crippen LogP contribution in [0.2, 0.25) is 0 Å². The highest BCUT2D eigenvalue weighted by molar-refractivity contribution is 5.49. The quantitative estimate of drug-likeness (QED) is 0.764. The molecule has 0 saturated heterocycles. The first kappa shape index (κ1) is 16.9. The maximum atomic E-state index is 10.4.